The van der Waals surface area contributed by atoms with Crippen LogP contribution in [0.25, 0.3) is 0 Å². The van der Waals surface area contributed by atoms with Crippen LogP contribution in [0.5, 0.6) is 5.75 Å². The smallest absolute Gasteiger partial charge is 0.315 e. The molecule has 6 heteroatoms. The first-order valence-corrected chi connectivity index (χ1v) is 9.52. The summed E-state index contributed by atoms with van der Waals surface area (Å²) < 4.78 is 7.46. The van der Waals surface area contributed by atoms with Crippen LogP contribution in [-0.4, -0.2) is 16.6 Å². The van der Waals surface area contributed by atoms with Crippen LogP contribution in [0.3, 0.4) is 0 Å². The van der Waals surface area contributed by atoms with Crippen LogP contribution in [-0.2, 0) is 20.2 Å². The Hall–Kier alpha value is -2.76. The lowest BCUT2D eigenvalue weighted by atomic mass is 9.96. The van der Waals surface area contributed by atoms with Crippen molar-refractivity contribution in [3.8, 4) is 5.75 Å². The molecule has 1 saturated carbocycles. The van der Waals surface area contributed by atoms with Crippen LogP contribution in [0.15, 0.2) is 47.4 Å². The molecule has 3 rings (SSSR count). The van der Waals surface area contributed by atoms with E-state index in [2.05, 4.69) is 10.6 Å². The lowest BCUT2D eigenvalue weighted by molar-refractivity contribution is 0.232. The Morgan fingerprint density at radius 2 is 1.93 bits per heavy atom. The van der Waals surface area contributed by atoms with Crippen molar-refractivity contribution in [3.05, 3.63) is 64.1 Å². The molecule has 1 aromatic carbocycles. The number of pyridine rings is 1. The van der Waals surface area contributed by atoms with Gasteiger partial charge in [-0.1, -0.05) is 49.6 Å². The number of aryl methyl sites for hydroxylation is 1. The Kier molecular flexibility index (Phi) is 6.52. The number of carbonyl (C=O) groups is 1. The summed E-state index contributed by atoms with van der Waals surface area (Å²) in [4.78, 5) is 24.4. The minimum absolute atomic E-state index is 0.182. The molecule has 1 aliphatic rings. The van der Waals surface area contributed by atoms with Crippen molar-refractivity contribution in [2.24, 2.45) is 7.05 Å². The average Bonchev–Trinajstić information content (AvgIpc) is 2.69. The number of nitrogens with zero attached hydrogens (tertiary/aromatic N) is 1. The fourth-order valence-electron chi connectivity index (χ4n) is 3.32. The van der Waals surface area contributed by atoms with Crippen molar-refractivity contribution >= 4 is 6.03 Å². The normalized spacial score (nSPS) is 14.6. The summed E-state index contributed by atoms with van der Waals surface area (Å²) in [5, 5.41) is 5.85. The molecule has 0 atom stereocenters. The van der Waals surface area contributed by atoms with Gasteiger partial charge in [-0.15, -0.1) is 0 Å². The van der Waals surface area contributed by atoms with Gasteiger partial charge in [-0.05, 0) is 18.4 Å². The largest absolute Gasteiger partial charge is 0.483 e. The second kappa shape index (κ2) is 9.26. The van der Waals surface area contributed by atoms with Crippen LogP contribution in [0.4, 0.5) is 4.79 Å². The highest BCUT2D eigenvalue weighted by Gasteiger charge is 2.15. The zero-order valence-corrected chi connectivity index (χ0v) is 15.7. The maximum atomic E-state index is 12.3. The van der Waals surface area contributed by atoms with E-state index in [0.29, 0.717) is 18.9 Å². The highest BCUT2D eigenvalue weighted by atomic mass is 16.5. The molecule has 0 unspecified atom stereocenters. The molecule has 2 amide bonds. The summed E-state index contributed by atoms with van der Waals surface area (Å²) in [5.74, 6) is 0.303. The number of hydrogen-bond donors (Lipinski definition) is 2. The Morgan fingerprint density at radius 1 is 1.19 bits per heavy atom. The summed E-state index contributed by atoms with van der Waals surface area (Å²) in [6, 6.07) is 11.3. The Bertz CT molecular complexity index is 811. The van der Waals surface area contributed by atoms with Gasteiger partial charge in [0.05, 0.1) is 12.7 Å². The number of amides is 2. The molecular formula is C21H27N3O3. The molecule has 0 spiro atoms. The lowest BCUT2D eigenvalue weighted by Gasteiger charge is -2.23. The third kappa shape index (κ3) is 5.61. The molecule has 144 valence electrons. The fourth-order valence-corrected chi connectivity index (χ4v) is 3.32. The minimum atomic E-state index is -0.187. The van der Waals surface area contributed by atoms with Crippen molar-refractivity contribution in [2.75, 3.05) is 0 Å². The van der Waals surface area contributed by atoms with Gasteiger partial charge < -0.3 is 19.9 Å². The van der Waals surface area contributed by atoms with Gasteiger partial charge in [-0.2, -0.15) is 0 Å². The average molecular weight is 369 g/mol. The quantitative estimate of drug-likeness (QED) is 0.822. The van der Waals surface area contributed by atoms with Crippen molar-refractivity contribution in [1.82, 2.24) is 15.2 Å². The van der Waals surface area contributed by atoms with Crippen molar-refractivity contribution < 1.29 is 9.53 Å². The van der Waals surface area contributed by atoms with Crippen molar-refractivity contribution in [3.63, 3.8) is 0 Å². The lowest BCUT2D eigenvalue weighted by Crippen LogP contribution is -2.42. The van der Waals surface area contributed by atoms with Gasteiger partial charge in [-0.25, -0.2) is 4.79 Å². The Labute approximate surface area is 159 Å². The number of carbonyl (C=O) groups excluding carboxylic acids is 1. The van der Waals surface area contributed by atoms with E-state index >= 15 is 0 Å². The SMILES string of the molecule is Cn1cc(OCc2ccccc2)c(=O)cc1CNC(=O)NC1CCCCC1. The summed E-state index contributed by atoms with van der Waals surface area (Å²) in [6.45, 7) is 0.640. The van der Waals surface area contributed by atoms with E-state index in [-0.39, 0.29) is 17.5 Å². The summed E-state index contributed by atoms with van der Waals surface area (Å²) in [7, 11) is 1.84. The zero-order valence-electron chi connectivity index (χ0n) is 15.7. The van der Waals surface area contributed by atoms with Gasteiger partial charge in [0, 0.05) is 24.8 Å². The predicted molar refractivity (Wildman–Crippen MR) is 105 cm³/mol. The molecule has 0 bridgehead atoms. The van der Waals surface area contributed by atoms with E-state index in [0.717, 1.165) is 24.1 Å². The number of ether oxygens (including phenoxy) is 1. The van der Waals surface area contributed by atoms with Crippen molar-refractivity contribution in [1.29, 1.82) is 0 Å². The molecule has 0 aliphatic heterocycles. The van der Waals surface area contributed by atoms with Gasteiger partial charge in [0.2, 0.25) is 5.43 Å². The van der Waals surface area contributed by atoms with E-state index in [1.165, 1.54) is 25.3 Å². The first-order valence-electron chi connectivity index (χ1n) is 9.52. The molecule has 6 nitrogen and oxygen atoms in total. The van der Waals surface area contributed by atoms with Gasteiger partial charge >= 0.3 is 6.03 Å². The van der Waals surface area contributed by atoms with Gasteiger partial charge in [0.1, 0.15) is 6.61 Å². The van der Waals surface area contributed by atoms with Crippen LogP contribution >= 0.6 is 0 Å². The third-order valence-electron chi connectivity index (χ3n) is 4.91. The number of aromatic nitrogens is 1. The molecule has 0 radical (unpaired) electrons. The molecular weight excluding hydrogens is 342 g/mol. The Morgan fingerprint density at radius 3 is 2.67 bits per heavy atom. The molecule has 0 saturated heterocycles. The van der Waals surface area contributed by atoms with E-state index in [1.54, 1.807) is 6.20 Å². The first-order chi connectivity index (χ1) is 13.1. The fraction of sp³-hybridized carbons (Fsp3) is 0.429. The molecule has 2 aromatic rings. The predicted octanol–water partition coefficient (Wildman–Crippen LogP) is 3.10. The molecule has 2 N–H and O–H groups in total. The van der Waals surface area contributed by atoms with Crippen molar-refractivity contribution in [2.45, 2.75) is 51.3 Å². The molecule has 1 aromatic heterocycles. The summed E-state index contributed by atoms with van der Waals surface area (Å²) in [6.07, 6.45) is 7.34. The van der Waals surface area contributed by atoms with Crippen LogP contribution < -0.4 is 20.8 Å². The number of benzene rings is 1. The number of hydrogen-bond acceptors (Lipinski definition) is 3. The standard InChI is InChI=1S/C21H27N3O3/c1-24-14-20(27-15-16-8-4-2-5-9-16)19(25)12-18(24)13-22-21(26)23-17-10-6-3-7-11-17/h2,4-5,8-9,12,14,17H,3,6-7,10-11,13,15H2,1H3,(H2,22,23,26). The monoisotopic (exact) mass is 369 g/mol. The zero-order chi connectivity index (χ0) is 19.1. The maximum absolute atomic E-state index is 12.3. The summed E-state index contributed by atoms with van der Waals surface area (Å²) >= 11 is 0. The number of urea groups is 1. The van der Waals surface area contributed by atoms with Crippen LogP contribution in [0.2, 0.25) is 0 Å². The minimum Gasteiger partial charge on any atom is -0.483 e. The van der Waals surface area contributed by atoms with Gasteiger partial charge in [0.15, 0.2) is 5.75 Å². The second-order valence-electron chi connectivity index (χ2n) is 7.04. The highest BCUT2D eigenvalue weighted by molar-refractivity contribution is 5.74. The second-order valence-corrected chi connectivity index (χ2v) is 7.04. The molecule has 1 heterocycles. The molecule has 27 heavy (non-hydrogen) atoms. The third-order valence-corrected chi connectivity index (χ3v) is 4.91. The van der Waals surface area contributed by atoms with Gasteiger partial charge in [0.25, 0.3) is 0 Å². The molecule has 1 aliphatic carbocycles. The van der Waals surface area contributed by atoms with Crippen LogP contribution in [0, 0.1) is 0 Å². The Balaban J connectivity index is 1.54. The van der Waals surface area contributed by atoms with E-state index in [4.69, 9.17) is 4.74 Å². The van der Waals surface area contributed by atoms with Crippen LogP contribution in [0.1, 0.15) is 43.4 Å². The number of nitrogens with one attached hydrogen (secondary N) is 2. The summed E-state index contributed by atoms with van der Waals surface area (Å²) in [5.41, 5.74) is 1.55. The van der Waals surface area contributed by atoms with E-state index < -0.39 is 0 Å². The topological polar surface area (TPSA) is 72.4 Å². The van der Waals surface area contributed by atoms with E-state index in [9.17, 15) is 9.59 Å². The maximum Gasteiger partial charge on any atom is 0.315 e. The highest BCUT2D eigenvalue weighted by Crippen LogP contribution is 2.17. The first kappa shape index (κ1) is 19.0. The van der Waals surface area contributed by atoms with E-state index in [1.807, 2.05) is 41.9 Å². The number of rotatable bonds is 6. The van der Waals surface area contributed by atoms with Gasteiger partial charge in [-0.3, -0.25) is 4.79 Å². The molecule has 1 fully saturated rings.